The number of halogens is 4. The summed E-state index contributed by atoms with van der Waals surface area (Å²) in [5.41, 5.74) is 4.30. The number of benzene rings is 3. The summed E-state index contributed by atoms with van der Waals surface area (Å²) in [6, 6.07) is 16.2. The quantitative estimate of drug-likeness (QED) is 0.204. The Morgan fingerprint density at radius 2 is 1.69 bits per heavy atom. The maximum Gasteiger partial charge on any atom is 0.262 e. The van der Waals surface area contributed by atoms with Crippen LogP contribution in [0.2, 0.25) is 15.1 Å². The van der Waals surface area contributed by atoms with Crippen LogP contribution in [0.1, 0.15) is 35.3 Å². The molecule has 3 aromatic rings. The molecule has 10 heteroatoms. The number of hydrazone groups is 1. The maximum absolute atomic E-state index is 12.8. The van der Waals surface area contributed by atoms with Gasteiger partial charge in [0.05, 0.1) is 6.21 Å². The predicted octanol–water partition coefficient (Wildman–Crippen LogP) is 6.89. The molecule has 2 N–H and O–H groups in total. The van der Waals surface area contributed by atoms with Crippen molar-refractivity contribution in [1.82, 2.24) is 10.7 Å². The van der Waals surface area contributed by atoms with Crippen LogP contribution in [0, 0.1) is 5.92 Å². The van der Waals surface area contributed by atoms with Crippen LogP contribution in [-0.2, 0) is 11.4 Å². The van der Waals surface area contributed by atoms with Crippen LogP contribution < -0.4 is 15.5 Å². The molecule has 0 aliphatic carbocycles. The van der Waals surface area contributed by atoms with Gasteiger partial charge in [-0.3, -0.25) is 9.59 Å². The van der Waals surface area contributed by atoms with E-state index in [1.807, 2.05) is 19.9 Å². The number of nitrogens with one attached hydrogen (secondary N) is 2. The van der Waals surface area contributed by atoms with Crippen LogP contribution in [0.5, 0.6) is 5.75 Å². The number of rotatable bonds is 9. The SMILES string of the molecule is CC(C)C(NC(=O)c1ccc(Cl)cc1)C(=O)N/N=C/c1cc(Br)ccc1OCc1ccc(Cl)cc1Cl. The Labute approximate surface area is 233 Å². The van der Waals surface area contributed by atoms with E-state index in [0.717, 1.165) is 10.0 Å². The first-order valence-electron chi connectivity index (χ1n) is 10.9. The molecule has 0 spiro atoms. The molecule has 0 aliphatic rings. The van der Waals surface area contributed by atoms with Crippen molar-refractivity contribution in [3.05, 3.63) is 96.9 Å². The van der Waals surface area contributed by atoms with Gasteiger partial charge in [-0.25, -0.2) is 5.43 Å². The fourth-order valence-electron chi connectivity index (χ4n) is 3.14. The molecule has 3 rings (SSSR count). The van der Waals surface area contributed by atoms with Crippen molar-refractivity contribution in [2.24, 2.45) is 11.0 Å². The van der Waals surface area contributed by atoms with Gasteiger partial charge in [0.15, 0.2) is 0 Å². The number of nitrogens with zero attached hydrogens (tertiary/aromatic N) is 1. The molecule has 0 aliphatic heterocycles. The summed E-state index contributed by atoms with van der Waals surface area (Å²) in [5.74, 6) is -0.467. The molecule has 188 valence electrons. The van der Waals surface area contributed by atoms with Gasteiger partial charge < -0.3 is 10.1 Å². The monoisotopic (exact) mass is 609 g/mol. The fourth-order valence-corrected chi connectivity index (χ4v) is 4.11. The van der Waals surface area contributed by atoms with E-state index in [-0.39, 0.29) is 18.4 Å². The highest BCUT2D eigenvalue weighted by atomic mass is 79.9. The van der Waals surface area contributed by atoms with Crippen LogP contribution in [0.4, 0.5) is 0 Å². The number of hydrogen-bond donors (Lipinski definition) is 2. The molecule has 0 saturated carbocycles. The maximum atomic E-state index is 12.8. The van der Waals surface area contributed by atoms with Gasteiger partial charge in [-0.1, -0.05) is 70.6 Å². The van der Waals surface area contributed by atoms with Crippen molar-refractivity contribution < 1.29 is 14.3 Å². The van der Waals surface area contributed by atoms with Gasteiger partial charge in [0.2, 0.25) is 0 Å². The van der Waals surface area contributed by atoms with Crippen LogP contribution in [0.3, 0.4) is 0 Å². The van der Waals surface area contributed by atoms with E-state index in [4.69, 9.17) is 39.5 Å². The first-order valence-corrected chi connectivity index (χ1v) is 12.8. The Morgan fingerprint density at radius 1 is 1.00 bits per heavy atom. The van der Waals surface area contributed by atoms with Gasteiger partial charge in [0, 0.05) is 36.2 Å². The van der Waals surface area contributed by atoms with Crippen LogP contribution in [0.25, 0.3) is 0 Å². The predicted molar refractivity (Wildman–Crippen MR) is 148 cm³/mol. The summed E-state index contributed by atoms with van der Waals surface area (Å²) < 4.78 is 6.74. The topological polar surface area (TPSA) is 79.8 Å². The van der Waals surface area contributed by atoms with Gasteiger partial charge in [-0.05, 0) is 60.5 Å². The van der Waals surface area contributed by atoms with E-state index >= 15 is 0 Å². The number of carbonyl (C=O) groups is 2. The largest absolute Gasteiger partial charge is 0.488 e. The minimum absolute atomic E-state index is 0.176. The van der Waals surface area contributed by atoms with Gasteiger partial charge in [-0.2, -0.15) is 5.10 Å². The van der Waals surface area contributed by atoms with Crippen molar-refractivity contribution in [1.29, 1.82) is 0 Å². The second kappa shape index (κ2) is 13.1. The third-order valence-electron chi connectivity index (χ3n) is 5.09. The molecule has 0 radical (unpaired) electrons. The zero-order chi connectivity index (χ0) is 26.2. The summed E-state index contributed by atoms with van der Waals surface area (Å²) in [5, 5.41) is 8.40. The van der Waals surface area contributed by atoms with E-state index in [2.05, 4.69) is 31.8 Å². The summed E-state index contributed by atoms with van der Waals surface area (Å²) >= 11 is 21.5. The Kier molecular flexibility index (Phi) is 10.2. The van der Waals surface area contributed by atoms with E-state index in [1.165, 1.54) is 6.21 Å². The van der Waals surface area contributed by atoms with Crippen molar-refractivity contribution in [3.8, 4) is 5.75 Å². The average Bonchev–Trinajstić information content (AvgIpc) is 2.83. The Morgan fingerprint density at radius 3 is 2.36 bits per heavy atom. The molecule has 0 heterocycles. The van der Waals surface area contributed by atoms with Crippen LogP contribution in [0.15, 0.2) is 70.2 Å². The van der Waals surface area contributed by atoms with E-state index in [9.17, 15) is 9.59 Å². The first kappa shape index (κ1) is 28.0. The zero-order valence-corrected chi connectivity index (χ0v) is 23.3. The normalized spacial score (nSPS) is 12.0. The third-order valence-corrected chi connectivity index (χ3v) is 6.42. The van der Waals surface area contributed by atoms with Crippen LogP contribution in [-0.4, -0.2) is 24.1 Å². The molecule has 0 bridgehead atoms. The lowest BCUT2D eigenvalue weighted by Crippen LogP contribution is -2.48. The van der Waals surface area contributed by atoms with Gasteiger partial charge in [0.25, 0.3) is 11.8 Å². The van der Waals surface area contributed by atoms with E-state index in [1.54, 1.807) is 54.6 Å². The molecule has 1 unspecified atom stereocenters. The molecule has 0 saturated heterocycles. The Hall–Kier alpha value is -2.58. The average molecular weight is 612 g/mol. The van der Waals surface area contributed by atoms with E-state index < -0.39 is 11.9 Å². The molecule has 6 nitrogen and oxygen atoms in total. The first-order chi connectivity index (χ1) is 17.1. The number of ether oxygens (including phenoxy) is 1. The van der Waals surface area contributed by atoms with Gasteiger partial charge in [-0.15, -0.1) is 0 Å². The fraction of sp³-hybridized carbons (Fsp3) is 0.192. The number of amides is 2. The molecule has 2 amide bonds. The third kappa shape index (κ3) is 7.96. The number of carbonyl (C=O) groups excluding carboxylic acids is 2. The minimum atomic E-state index is -0.796. The molecular formula is C26H23BrCl3N3O3. The summed E-state index contributed by atoms with van der Waals surface area (Å²) in [6.45, 7) is 3.88. The highest BCUT2D eigenvalue weighted by Gasteiger charge is 2.24. The van der Waals surface area contributed by atoms with Crippen molar-refractivity contribution in [2.45, 2.75) is 26.5 Å². The minimum Gasteiger partial charge on any atom is -0.488 e. The second-order valence-corrected chi connectivity index (χ2v) is 10.3. The lowest BCUT2D eigenvalue weighted by molar-refractivity contribution is -0.123. The van der Waals surface area contributed by atoms with E-state index in [0.29, 0.717) is 31.9 Å². The van der Waals surface area contributed by atoms with Crippen molar-refractivity contribution in [2.75, 3.05) is 0 Å². The molecular weight excluding hydrogens is 589 g/mol. The summed E-state index contributed by atoms with van der Waals surface area (Å²) in [4.78, 5) is 25.4. The molecule has 36 heavy (non-hydrogen) atoms. The zero-order valence-electron chi connectivity index (χ0n) is 19.4. The lowest BCUT2D eigenvalue weighted by atomic mass is 10.0. The number of hydrogen-bond acceptors (Lipinski definition) is 4. The lowest BCUT2D eigenvalue weighted by Gasteiger charge is -2.20. The molecule has 3 aromatic carbocycles. The van der Waals surface area contributed by atoms with Crippen molar-refractivity contribution in [3.63, 3.8) is 0 Å². The smallest absolute Gasteiger partial charge is 0.262 e. The highest BCUT2D eigenvalue weighted by molar-refractivity contribution is 9.10. The van der Waals surface area contributed by atoms with Crippen molar-refractivity contribution >= 4 is 68.8 Å². The summed E-state index contributed by atoms with van der Waals surface area (Å²) in [7, 11) is 0. The Bertz CT molecular complexity index is 1270. The molecule has 1 atom stereocenters. The molecule has 0 aromatic heterocycles. The summed E-state index contributed by atoms with van der Waals surface area (Å²) in [6.07, 6.45) is 1.47. The Balaban J connectivity index is 1.67. The van der Waals surface area contributed by atoms with Crippen LogP contribution >= 0.6 is 50.7 Å². The van der Waals surface area contributed by atoms with Gasteiger partial charge in [0.1, 0.15) is 18.4 Å². The van der Waals surface area contributed by atoms with Gasteiger partial charge >= 0.3 is 0 Å². The second-order valence-electron chi connectivity index (χ2n) is 8.14. The molecule has 0 fully saturated rings. The highest BCUT2D eigenvalue weighted by Crippen LogP contribution is 2.26. The standard InChI is InChI=1S/C26H23BrCl3N3O3/c1-15(2)24(32-25(34)16-3-7-20(28)8-4-16)26(35)33-31-13-18-11-19(27)6-10-23(18)36-14-17-5-9-21(29)12-22(17)30/h3-13,15,24H,14H2,1-2H3,(H,32,34)(H,33,35)/b31-13+.